The zero-order valence-corrected chi connectivity index (χ0v) is 12.2. The van der Waals surface area contributed by atoms with E-state index in [1.165, 1.54) is 0 Å². The molecule has 0 bridgehead atoms. The first kappa shape index (κ1) is 13.8. The van der Waals surface area contributed by atoms with Crippen molar-refractivity contribution in [1.82, 2.24) is 4.48 Å². The molecule has 7 heteroatoms. The minimum Gasteiger partial charge on any atom is -0.477 e. The summed E-state index contributed by atoms with van der Waals surface area (Å²) in [5.41, 5.74) is 1.99. The van der Waals surface area contributed by atoms with E-state index in [4.69, 9.17) is 0 Å². The molecule has 1 aromatic heterocycles. The highest BCUT2D eigenvalue weighted by molar-refractivity contribution is 6.58. The molecule has 2 aliphatic heterocycles. The largest absolute Gasteiger partial charge is 0.737 e. The second kappa shape index (κ2) is 3.93. The van der Waals surface area contributed by atoms with Crippen LogP contribution in [0.4, 0.5) is 8.63 Å². The van der Waals surface area contributed by atoms with Crippen LogP contribution in [0.25, 0.3) is 5.57 Å². The van der Waals surface area contributed by atoms with E-state index >= 15 is 0 Å². The normalized spacial score (nSPS) is 19.6. The Bertz CT molecular complexity index is 800. The monoisotopic (exact) mass is 292 g/mol. The highest BCUT2D eigenvalue weighted by atomic mass is 19.2. The summed E-state index contributed by atoms with van der Waals surface area (Å²) in [6.45, 7) is 2.38. The molecular formula is C14H15BF2N2O2. The quantitative estimate of drug-likeness (QED) is 0.809. The maximum Gasteiger partial charge on any atom is 0.737 e. The lowest BCUT2D eigenvalue weighted by molar-refractivity contribution is -0.363. The van der Waals surface area contributed by atoms with Crippen LogP contribution in [0.1, 0.15) is 30.8 Å². The number of fused-ring (bicyclic) bond motifs is 2. The number of aromatic nitrogens is 1. The van der Waals surface area contributed by atoms with Gasteiger partial charge in [0.05, 0.1) is 0 Å². The van der Waals surface area contributed by atoms with Crippen molar-refractivity contribution < 1.29 is 23.0 Å². The van der Waals surface area contributed by atoms with Crippen LogP contribution in [0, 0.1) is 13.8 Å². The Balaban J connectivity index is 2.53. The van der Waals surface area contributed by atoms with Crippen LogP contribution >= 0.6 is 0 Å². The van der Waals surface area contributed by atoms with Gasteiger partial charge in [-0.3, -0.25) is 0 Å². The summed E-state index contributed by atoms with van der Waals surface area (Å²) in [5.74, 6) is -1.19. The first-order chi connectivity index (χ1) is 9.67. The third-order valence-corrected chi connectivity index (χ3v) is 4.15. The van der Waals surface area contributed by atoms with E-state index in [2.05, 4.69) is 0 Å². The Morgan fingerprint density at radius 3 is 2.48 bits per heavy atom. The smallest absolute Gasteiger partial charge is 0.477 e. The van der Waals surface area contributed by atoms with Crippen LogP contribution in [0.3, 0.4) is 0 Å². The van der Waals surface area contributed by atoms with Gasteiger partial charge in [0.15, 0.2) is 5.70 Å². The summed E-state index contributed by atoms with van der Waals surface area (Å²) in [6, 6.07) is 1.60. The number of halogens is 2. The number of carboxylic acid groups (broad SMARTS) is 1. The molecule has 1 N–H and O–H groups in total. The summed E-state index contributed by atoms with van der Waals surface area (Å²) in [5, 5.41) is 9.57. The average Bonchev–Trinajstić information content (AvgIpc) is 2.78. The Labute approximate surface area is 120 Å². The van der Waals surface area contributed by atoms with E-state index in [-0.39, 0.29) is 17.0 Å². The van der Waals surface area contributed by atoms with Crippen LogP contribution in [-0.4, -0.2) is 32.7 Å². The van der Waals surface area contributed by atoms with E-state index in [1.807, 2.05) is 0 Å². The topological polar surface area (TPSA) is 45.2 Å². The summed E-state index contributed by atoms with van der Waals surface area (Å²) < 4.78 is 31.7. The van der Waals surface area contributed by atoms with Gasteiger partial charge in [-0.2, -0.15) is 0 Å². The minimum atomic E-state index is -4.08. The summed E-state index contributed by atoms with van der Waals surface area (Å²) in [4.78, 5) is 11.7. The molecule has 0 unspecified atom stereocenters. The van der Waals surface area contributed by atoms with Crippen LogP contribution in [-0.2, 0) is 4.79 Å². The van der Waals surface area contributed by atoms with Crippen LogP contribution < -0.4 is 0 Å². The summed E-state index contributed by atoms with van der Waals surface area (Å²) >= 11 is 0. The third-order valence-electron chi connectivity index (χ3n) is 4.15. The van der Waals surface area contributed by atoms with Gasteiger partial charge < -0.3 is 22.7 Å². The van der Waals surface area contributed by atoms with E-state index in [0.717, 1.165) is 8.96 Å². The Morgan fingerprint density at radius 1 is 1.29 bits per heavy atom. The van der Waals surface area contributed by atoms with E-state index in [0.29, 0.717) is 22.5 Å². The van der Waals surface area contributed by atoms with Crippen LogP contribution in [0.2, 0.25) is 0 Å². The van der Waals surface area contributed by atoms with Crippen molar-refractivity contribution in [1.29, 1.82) is 0 Å². The molecule has 0 saturated heterocycles. The molecule has 0 saturated carbocycles. The fourth-order valence-electron chi connectivity index (χ4n) is 3.50. The first-order valence-corrected chi connectivity index (χ1v) is 6.68. The van der Waals surface area contributed by atoms with E-state index in [1.54, 1.807) is 39.8 Å². The number of carboxylic acids is 1. The molecule has 0 aromatic carbocycles. The van der Waals surface area contributed by atoms with Crippen LogP contribution in [0.15, 0.2) is 23.4 Å². The highest BCUT2D eigenvalue weighted by Gasteiger charge is 2.56. The Morgan fingerprint density at radius 2 is 1.90 bits per heavy atom. The van der Waals surface area contributed by atoms with Gasteiger partial charge in [-0.25, -0.2) is 4.79 Å². The highest BCUT2D eigenvalue weighted by Crippen LogP contribution is 2.41. The molecule has 2 aliphatic rings. The number of rotatable bonds is 1. The number of hydrogen-bond acceptors (Lipinski definition) is 1. The number of nitrogens with zero attached hydrogens (tertiary/aromatic N) is 2. The molecule has 0 aliphatic carbocycles. The van der Waals surface area contributed by atoms with Gasteiger partial charge in [0.25, 0.3) is 0 Å². The molecule has 0 amide bonds. The first-order valence-electron chi connectivity index (χ1n) is 6.68. The molecule has 0 fully saturated rings. The number of aryl methyl sites for hydroxylation is 2. The summed E-state index contributed by atoms with van der Waals surface area (Å²) in [6.07, 6.45) is 1.60. The predicted molar refractivity (Wildman–Crippen MR) is 76.5 cm³/mol. The van der Waals surface area contributed by atoms with Gasteiger partial charge in [-0.15, -0.1) is 0 Å². The SMILES string of the molecule is CC1=CC(C)=[N+]2C1=C(C(=O)O)c1c(C)cc(C)n1[B-]2(F)F. The van der Waals surface area contributed by atoms with Crippen molar-refractivity contribution in [2.45, 2.75) is 27.7 Å². The lowest BCUT2D eigenvalue weighted by atomic mass is 9.86. The van der Waals surface area contributed by atoms with Gasteiger partial charge in [0.2, 0.25) is 0 Å². The molecule has 3 rings (SSSR count). The van der Waals surface area contributed by atoms with Gasteiger partial charge in [0, 0.05) is 24.3 Å². The van der Waals surface area contributed by atoms with Gasteiger partial charge >= 0.3 is 12.9 Å². The zero-order chi connectivity index (χ0) is 15.7. The zero-order valence-electron chi connectivity index (χ0n) is 12.2. The second-order valence-electron chi connectivity index (χ2n) is 5.64. The van der Waals surface area contributed by atoms with Crippen molar-refractivity contribution in [3.05, 3.63) is 40.4 Å². The van der Waals surface area contributed by atoms with Gasteiger partial charge in [-0.1, -0.05) is 0 Å². The van der Waals surface area contributed by atoms with Crippen LogP contribution in [0.5, 0.6) is 0 Å². The minimum absolute atomic E-state index is 0.0565. The second-order valence-corrected chi connectivity index (χ2v) is 5.64. The third kappa shape index (κ3) is 1.54. The Hall–Kier alpha value is -2.18. The van der Waals surface area contributed by atoms with Crippen molar-refractivity contribution in [3.8, 4) is 0 Å². The molecule has 0 atom stereocenters. The molecule has 21 heavy (non-hydrogen) atoms. The molecule has 1 aromatic rings. The van der Waals surface area contributed by atoms with Gasteiger partial charge in [-0.05, 0) is 38.1 Å². The number of aliphatic carboxylic acids is 1. The maximum absolute atomic E-state index is 15.0. The standard InChI is InChI=1S/C14H15BF2N2O2/c1-7-5-9(3)18-12(7)11(14(20)21)13-8(2)6-10(4)19(13)15(18,16)17/h5-6H,1-4H3,(H,20,21). The Kier molecular flexibility index (Phi) is 2.58. The molecule has 0 radical (unpaired) electrons. The number of hydrogen-bond donors (Lipinski definition) is 1. The van der Waals surface area contributed by atoms with Crippen molar-refractivity contribution >= 4 is 24.2 Å². The maximum atomic E-state index is 15.0. The van der Waals surface area contributed by atoms with Crippen molar-refractivity contribution in [3.63, 3.8) is 0 Å². The fourth-order valence-corrected chi connectivity index (χ4v) is 3.50. The number of carbonyl (C=O) groups is 1. The fraction of sp³-hybridized carbons (Fsp3) is 0.286. The average molecular weight is 292 g/mol. The van der Waals surface area contributed by atoms with Crippen molar-refractivity contribution in [2.24, 2.45) is 0 Å². The van der Waals surface area contributed by atoms with Gasteiger partial charge in [0.1, 0.15) is 11.3 Å². The predicted octanol–water partition coefficient (Wildman–Crippen LogP) is 2.57. The van der Waals surface area contributed by atoms with Crippen molar-refractivity contribution in [2.75, 3.05) is 0 Å². The lowest BCUT2D eigenvalue weighted by Gasteiger charge is -2.32. The molecular weight excluding hydrogens is 277 g/mol. The molecule has 4 nitrogen and oxygen atoms in total. The van der Waals surface area contributed by atoms with E-state index in [9.17, 15) is 18.5 Å². The number of allylic oxidation sites excluding steroid dienone is 2. The summed E-state index contributed by atoms with van der Waals surface area (Å²) in [7, 11) is 0. The van der Waals surface area contributed by atoms with E-state index < -0.39 is 12.9 Å². The molecule has 0 spiro atoms. The molecule has 110 valence electrons. The molecule has 3 heterocycles. The lowest BCUT2D eigenvalue weighted by Crippen LogP contribution is -2.52.